The molecule has 0 aliphatic carbocycles. The van der Waals surface area contributed by atoms with Crippen LogP contribution in [-0.4, -0.2) is 5.75 Å². The molecule has 1 aromatic heterocycles. The Kier molecular flexibility index (Phi) is 3.21. The van der Waals surface area contributed by atoms with E-state index in [1.165, 1.54) is 15.3 Å². The summed E-state index contributed by atoms with van der Waals surface area (Å²) in [5, 5.41) is 2.21. The van der Waals surface area contributed by atoms with Crippen molar-refractivity contribution in [2.75, 3.05) is 5.75 Å². The molecule has 0 aromatic carbocycles. The molecule has 0 saturated carbocycles. The molecular formula is C9H12S2. The van der Waals surface area contributed by atoms with Crippen molar-refractivity contribution in [2.45, 2.75) is 18.1 Å². The number of hydrogen-bond acceptors (Lipinski definition) is 2. The van der Waals surface area contributed by atoms with Crippen molar-refractivity contribution in [1.82, 2.24) is 0 Å². The lowest BCUT2D eigenvalue weighted by Crippen LogP contribution is -1.74. The zero-order valence-electron chi connectivity index (χ0n) is 6.89. The third kappa shape index (κ3) is 2.11. The molecule has 0 unspecified atom stereocenters. The summed E-state index contributed by atoms with van der Waals surface area (Å²) in [7, 11) is 0. The fraction of sp³-hybridized carbons (Fsp3) is 0.333. The molecule has 0 fully saturated rings. The summed E-state index contributed by atoms with van der Waals surface area (Å²) in [4.78, 5) is 0. The predicted molar refractivity (Wildman–Crippen MR) is 54.7 cm³/mol. The van der Waals surface area contributed by atoms with E-state index in [0.29, 0.717) is 0 Å². The monoisotopic (exact) mass is 184 g/mol. The lowest BCUT2D eigenvalue weighted by Gasteiger charge is -1.95. The normalized spacial score (nSPS) is 10.0. The van der Waals surface area contributed by atoms with Crippen LogP contribution in [0.3, 0.4) is 0 Å². The first-order valence-electron chi connectivity index (χ1n) is 3.54. The molecule has 11 heavy (non-hydrogen) atoms. The molecule has 0 bridgehead atoms. The van der Waals surface area contributed by atoms with Gasteiger partial charge in [0.1, 0.15) is 0 Å². The van der Waals surface area contributed by atoms with Crippen LogP contribution in [0, 0.1) is 13.8 Å². The molecule has 0 nitrogen and oxygen atoms in total. The number of thiophene rings is 1. The van der Waals surface area contributed by atoms with Gasteiger partial charge in [0, 0.05) is 5.75 Å². The molecule has 1 rings (SSSR count). The molecule has 2 heteroatoms. The van der Waals surface area contributed by atoms with Gasteiger partial charge in [-0.1, -0.05) is 6.08 Å². The maximum atomic E-state index is 3.70. The quantitative estimate of drug-likeness (QED) is 0.510. The fourth-order valence-corrected chi connectivity index (χ4v) is 2.82. The lowest BCUT2D eigenvalue weighted by molar-refractivity contribution is 1.33. The minimum absolute atomic E-state index is 1.01. The smallest absolute Gasteiger partial charge is 0.0633 e. The zero-order chi connectivity index (χ0) is 8.27. The summed E-state index contributed by atoms with van der Waals surface area (Å²) in [5.74, 6) is 1.01. The maximum Gasteiger partial charge on any atom is 0.0633 e. The van der Waals surface area contributed by atoms with E-state index >= 15 is 0 Å². The van der Waals surface area contributed by atoms with Crippen LogP contribution in [0.15, 0.2) is 22.2 Å². The Hall–Kier alpha value is -0.210. The summed E-state index contributed by atoms with van der Waals surface area (Å²) < 4.78 is 1.43. The van der Waals surface area contributed by atoms with Crippen LogP contribution >= 0.6 is 23.1 Å². The van der Waals surface area contributed by atoms with E-state index in [2.05, 4.69) is 25.8 Å². The van der Waals surface area contributed by atoms with Crippen molar-refractivity contribution >= 4 is 23.1 Å². The number of rotatable bonds is 3. The van der Waals surface area contributed by atoms with Crippen LogP contribution < -0.4 is 0 Å². The highest BCUT2D eigenvalue weighted by Crippen LogP contribution is 2.30. The van der Waals surface area contributed by atoms with Gasteiger partial charge in [-0.15, -0.1) is 29.7 Å². The average molecular weight is 184 g/mol. The van der Waals surface area contributed by atoms with Crippen LogP contribution in [0.5, 0.6) is 0 Å². The van der Waals surface area contributed by atoms with E-state index in [-0.39, 0.29) is 0 Å². The highest BCUT2D eigenvalue weighted by molar-refractivity contribution is 8.01. The van der Waals surface area contributed by atoms with Gasteiger partial charge < -0.3 is 0 Å². The first kappa shape index (κ1) is 8.88. The van der Waals surface area contributed by atoms with Crippen LogP contribution in [-0.2, 0) is 0 Å². The Labute approximate surface area is 76.3 Å². The number of thioether (sulfide) groups is 1. The summed E-state index contributed by atoms with van der Waals surface area (Å²) in [6, 6.07) is 0. The van der Waals surface area contributed by atoms with Gasteiger partial charge in [0.15, 0.2) is 0 Å². The molecule has 0 atom stereocenters. The fourth-order valence-electron chi connectivity index (χ4n) is 0.757. The largest absolute Gasteiger partial charge is 0.137 e. The van der Waals surface area contributed by atoms with Crippen molar-refractivity contribution in [3.05, 3.63) is 29.2 Å². The van der Waals surface area contributed by atoms with E-state index in [9.17, 15) is 0 Å². The molecule has 0 aliphatic rings. The lowest BCUT2D eigenvalue weighted by atomic mass is 10.2. The van der Waals surface area contributed by atoms with Gasteiger partial charge in [-0.25, -0.2) is 0 Å². The van der Waals surface area contributed by atoms with Gasteiger partial charge in [-0.05, 0) is 30.4 Å². The molecular weight excluding hydrogens is 172 g/mol. The Morgan fingerprint density at radius 1 is 1.64 bits per heavy atom. The Bertz CT molecular complexity index is 248. The van der Waals surface area contributed by atoms with Crippen molar-refractivity contribution in [3.8, 4) is 0 Å². The maximum absolute atomic E-state index is 3.70. The minimum atomic E-state index is 1.01. The second-order valence-electron chi connectivity index (χ2n) is 2.43. The van der Waals surface area contributed by atoms with E-state index < -0.39 is 0 Å². The molecule has 1 aromatic rings. The zero-order valence-corrected chi connectivity index (χ0v) is 8.52. The topological polar surface area (TPSA) is 0 Å². The van der Waals surface area contributed by atoms with Crippen molar-refractivity contribution in [1.29, 1.82) is 0 Å². The minimum Gasteiger partial charge on any atom is -0.137 e. The van der Waals surface area contributed by atoms with Gasteiger partial charge in [-0.2, -0.15) is 0 Å². The van der Waals surface area contributed by atoms with Gasteiger partial charge in [0.2, 0.25) is 0 Å². The van der Waals surface area contributed by atoms with Crippen molar-refractivity contribution in [2.24, 2.45) is 0 Å². The number of aryl methyl sites for hydroxylation is 1. The standard InChI is InChI=1S/C9H12S2/c1-4-5-10-9-8(3)7(2)6-11-9/h4,6H,1,5H2,2-3H3. The van der Waals surface area contributed by atoms with Crippen LogP contribution in [0.25, 0.3) is 0 Å². The average Bonchev–Trinajstić information content (AvgIpc) is 2.31. The summed E-state index contributed by atoms with van der Waals surface area (Å²) in [5.41, 5.74) is 2.84. The summed E-state index contributed by atoms with van der Waals surface area (Å²) in [6.45, 7) is 8.03. The van der Waals surface area contributed by atoms with Gasteiger partial charge in [0.05, 0.1) is 4.21 Å². The van der Waals surface area contributed by atoms with Gasteiger partial charge in [0.25, 0.3) is 0 Å². The summed E-state index contributed by atoms with van der Waals surface area (Å²) >= 11 is 3.70. The molecule has 0 amide bonds. The van der Waals surface area contributed by atoms with Crippen molar-refractivity contribution in [3.63, 3.8) is 0 Å². The first-order chi connectivity index (χ1) is 5.25. The van der Waals surface area contributed by atoms with Gasteiger partial charge >= 0.3 is 0 Å². The summed E-state index contributed by atoms with van der Waals surface area (Å²) in [6.07, 6.45) is 1.94. The molecule has 0 radical (unpaired) electrons. The third-order valence-corrected chi connectivity index (χ3v) is 4.18. The molecule has 1 heterocycles. The Balaban J connectivity index is 2.70. The van der Waals surface area contributed by atoms with Gasteiger partial charge in [-0.3, -0.25) is 0 Å². The molecule has 0 saturated heterocycles. The molecule has 0 aliphatic heterocycles. The van der Waals surface area contributed by atoms with Crippen molar-refractivity contribution < 1.29 is 0 Å². The Morgan fingerprint density at radius 2 is 2.36 bits per heavy atom. The second kappa shape index (κ2) is 3.98. The third-order valence-electron chi connectivity index (χ3n) is 1.57. The highest BCUT2D eigenvalue weighted by atomic mass is 32.2. The predicted octanol–water partition coefficient (Wildman–Crippen LogP) is 3.64. The molecule has 0 N–H and O–H groups in total. The Morgan fingerprint density at radius 3 is 2.82 bits per heavy atom. The van der Waals surface area contributed by atoms with Crippen LogP contribution in [0.1, 0.15) is 11.1 Å². The van der Waals surface area contributed by atoms with Crippen LogP contribution in [0.4, 0.5) is 0 Å². The van der Waals surface area contributed by atoms with E-state index in [4.69, 9.17) is 0 Å². The van der Waals surface area contributed by atoms with E-state index in [1.54, 1.807) is 0 Å². The highest BCUT2D eigenvalue weighted by Gasteiger charge is 2.02. The molecule has 0 spiro atoms. The van der Waals surface area contributed by atoms with E-state index in [1.807, 2.05) is 29.2 Å². The van der Waals surface area contributed by atoms with E-state index in [0.717, 1.165) is 5.75 Å². The SMILES string of the molecule is C=CCSc1scc(C)c1C. The molecule has 60 valence electrons. The first-order valence-corrected chi connectivity index (χ1v) is 5.40. The second-order valence-corrected chi connectivity index (χ2v) is 4.60. The number of hydrogen-bond donors (Lipinski definition) is 0. The van der Waals surface area contributed by atoms with Crippen LogP contribution in [0.2, 0.25) is 0 Å².